The zero-order valence-electron chi connectivity index (χ0n) is 11.2. The number of hydrogen-bond acceptors (Lipinski definition) is 3. The Balaban J connectivity index is 1.99. The minimum Gasteiger partial charge on any atom is -0.361 e. The summed E-state index contributed by atoms with van der Waals surface area (Å²) in [5.41, 5.74) is 3.57. The van der Waals surface area contributed by atoms with Crippen molar-refractivity contribution >= 4 is 0 Å². The molecule has 0 radical (unpaired) electrons. The van der Waals surface area contributed by atoms with E-state index in [9.17, 15) is 0 Å². The van der Waals surface area contributed by atoms with Gasteiger partial charge < -0.3 is 9.84 Å². The second-order valence-corrected chi connectivity index (χ2v) is 4.68. The van der Waals surface area contributed by atoms with Gasteiger partial charge in [-0.25, -0.2) is 0 Å². The number of hydrogen-bond donors (Lipinski definition) is 1. The number of nitrogens with one attached hydrogen (secondary N) is 1. The molecule has 2 aromatic rings. The third-order valence-electron chi connectivity index (χ3n) is 3.09. The summed E-state index contributed by atoms with van der Waals surface area (Å²) in [5, 5.41) is 7.50. The van der Waals surface area contributed by atoms with Crippen molar-refractivity contribution in [2.24, 2.45) is 0 Å². The van der Waals surface area contributed by atoms with Gasteiger partial charge in [0.25, 0.3) is 0 Å². The third kappa shape index (κ3) is 3.20. The van der Waals surface area contributed by atoms with Gasteiger partial charge >= 0.3 is 0 Å². The van der Waals surface area contributed by atoms with Crippen molar-refractivity contribution < 1.29 is 4.52 Å². The zero-order valence-corrected chi connectivity index (χ0v) is 11.2. The lowest BCUT2D eigenvalue weighted by Gasteiger charge is -2.16. The molecule has 0 fully saturated rings. The Labute approximate surface area is 108 Å². The van der Waals surface area contributed by atoms with Crippen LogP contribution in [0.15, 0.2) is 34.9 Å². The molecule has 96 valence electrons. The van der Waals surface area contributed by atoms with Crippen LogP contribution in [-0.2, 0) is 6.54 Å². The fraction of sp³-hybridized carbons (Fsp3) is 0.400. The van der Waals surface area contributed by atoms with Crippen LogP contribution in [0.4, 0.5) is 0 Å². The molecule has 1 aromatic heterocycles. The SMILES string of the molecule is CCC(NCc1cc(C)on1)c1ccc(C)cc1. The maximum Gasteiger partial charge on any atom is 0.133 e. The number of benzene rings is 1. The van der Waals surface area contributed by atoms with E-state index < -0.39 is 0 Å². The molecular weight excluding hydrogens is 224 g/mol. The van der Waals surface area contributed by atoms with Crippen molar-refractivity contribution in [1.29, 1.82) is 0 Å². The van der Waals surface area contributed by atoms with Gasteiger partial charge in [-0.1, -0.05) is 41.9 Å². The highest BCUT2D eigenvalue weighted by atomic mass is 16.5. The monoisotopic (exact) mass is 244 g/mol. The molecule has 0 aliphatic carbocycles. The third-order valence-corrected chi connectivity index (χ3v) is 3.09. The second-order valence-electron chi connectivity index (χ2n) is 4.68. The molecule has 1 atom stereocenters. The number of aromatic nitrogens is 1. The van der Waals surface area contributed by atoms with E-state index in [1.54, 1.807) is 0 Å². The van der Waals surface area contributed by atoms with Crippen molar-refractivity contribution in [2.75, 3.05) is 0 Å². The smallest absolute Gasteiger partial charge is 0.133 e. The minimum atomic E-state index is 0.364. The van der Waals surface area contributed by atoms with Crippen LogP contribution in [-0.4, -0.2) is 5.16 Å². The molecule has 0 spiro atoms. The molecule has 1 unspecified atom stereocenters. The lowest BCUT2D eigenvalue weighted by Crippen LogP contribution is -2.20. The first-order valence-corrected chi connectivity index (χ1v) is 6.41. The first kappa shape index (κ1) is 12.8. The molecule has 0 aliphatic heterocycles. The Kier molecular flexibility index (Phi) is 4.15. The number of nitrogens with zero attached hydrogens (tertiary/aromatic N) is 1. The van der Waals surface area contributed by atoms with Gasteiger partial charge in [0, 0.05) is 18.7 Å². The van der Waals surface area contributed by atoms with Gasteiger partial charge in [-0.05, 0) is 25.8 Å². The van der Waals surface area contributed by atoms with Gasteiger partial charge in [0.15, 0.2) is 0 Å². The van der Waals surface area contributed by atoms with Gasteiger partial charge in [0.05, 0.1) is 5.69 Å². The molecule has 18 heavy (non-hydrogen) atoms. The van der Waals surface area contributed by atoms with Crippen molar-refractivity contribution in [3.05, 3.63) is 52.9 Å². The average Bonchev–Trinajstić information content (AvgIpc) is 2.78. The van der Waals surface area contributed by atoms with Crippen molar-refractivity contribution in [3.8, 4) is 0 Å². The summed E-state index contributed by atoms with van der Waals surface area (Å²) in [6, 6.07) is 11.0. The summed E-state index contributed by atoms with van der Waals surface area (Å²) >= 11 is 0. The minimum absolute atomic E-state index is 0.364. The Morgan fingerprint density at radius 3 is 2.50 bits per heavy atom. The lowest BCUT2D eigenvalue weighted by molar-refractivity contribution is 0.385. The Hall–Kier alpha value is -1.61. The predicted octanol–water partition coefficient (Wildman–Crippen LogP) is 3.53. The van der Waals surface area contributed by atoms with E-state index in [1.807, 2.05) is 13.0 Å². The van der Waals surface area contributed by atoms with Crippen molar-refractivity contribution in [3.63, 3.8) is 0 Å². The molecule has 0 amide bonds. The second kappa shape index (κ2) is 5.83. The summed E-state index contributed by atoms with van der Waals surface area (Å²) in [6.07, 6.45) is 1.06. The fourth-order valence-corrected chi connectivity index (χ4v) is 2.03. The van der Waals surface area contributed by atoms with E-state index in [-0.39, 0.29) is 0 Å². The van der Waals surface area contributed by atoms with Crippen LogP contribution in [0.3, 0.4) is 0 Å². The lowest BCUT2D eigenvalue weighted by atomic mass is 10.0. The van der Waals surface area contributed by atoms with Gasteiger partial charge in [-0.15, -0.1) is 0 Å². The van der Waals surface area contributed by atoms with E-state index in [4.69, 9.17) is 4.52 Å². The summed E-state index contributed by atoms with van der Waals surface area (Å²) < 4.78 is 5.06. The van der Waals surface area contributed by atoms with Crippen LogP contribution in [0.5, 0.6) is 0 Å². The van der Waals surface area contributed by atoms with Crippen LogP contribution in [0, 0.1) is 13.8 Å². The summed E-state index contributed by atoms with van der Waals surface area (Å²) in [4.78, 5) is 0. The first-order valence-electron chi connectivity index (χ1n) is 6.41. The molecular formula is C15H20N2O. The number of rotatable bonds is 5. The fourth-order valence-electron chi connectivity index (χ4n) is 2.03. The molecule has 0 aliphatic rings. The van der Waals surface area contributed by atoms with Crippen molar-refractivity contribution in [2.45, 2.75) is 39.8 Å². The number of aryl methyl sites for hydroxylation is 2. The molecule has 2 rings (SSSR count). The molecule has 0 bridgehead atoms. The highest BCUT2D eigenvalue weighted by Gasteiger charge is 2.09. The highest BCUT2D eigenvalue weighted by Crippen LogP contribution is 2.17. The van der Waals surface area contributed by atoms with E-state index >= 15 is 0 Å². The Morgan fingerprint density at radius 2 is 1.94 bits per heavy atom. The molecule has 1 heterocycles. The first-order chi connectivity index (χ1) is 8.69. The largest absolute Gasteiger partial charge is 0.361 e. The van der Waals surface area contributed by atoms with Gasteiger partial charge in [-0.3, -0.25) is 0 Å². The molecule has 0 saturated carbocycles. The standard InChI is InChI=1S/C15H20N2O/c1-4-15(13-7-5-11(2)6-8-13)16-10-14-9-12(3)18-17-14/h5-9,15-16H,4,10H2,1-3H3. The molecule has 1 aromatic carbocycles. The summed E-state index contributed by atoms with van der Waals surface area (Å²) in [5.74, 6) is 0.857. The van der Waals surface area contributed by atoms with Gasteiger partial charge in [-0.2, -0.15) is 0 Å². The Morgan fingerprint density at radius 1 is 1.22 bits per heavy atom. The average molecular weight is 244 g/mol. The van der Waals surface area contributed by atoms with E-state index in [1.165, 1.54) is 11.1 Å². The highest BCUT2D eigenvalue weighted by molar-refractivity contribution is 5.24. The van der Waals surface area contributed by atoms with Crippen LogP contribution in [0.1, 0.15) is 42.0 Å². The molecule has 3 nitrogen and oxygen atoms in total. The molecule has 1 N–H and O–H groups in total. The van der Waals surface area contributed by atoms with Gasteiger partial charge in [0.2, 0.25) is 0 Å². The van der Waals surface area contributed by atoms with E-state index in [0.29, 0.717) is 6.04 Å². The summed E-state index contributed by atoms with van der Waals surface area (Å²) in [6.45, 7) is 6.94. The van der Waals surface area contributed by atoms with Crippen LogP contribution >= 0.6 is 0 Å². The van der Waals surface area contributed by atoms with E-state index in [2.05, 4.69) is 48.6 Å². The quantitative estimate of drug-likeness (QED) is 0.874. The van der Waals surface area contributed by atoms with Crippen LogP contribution in [0.25, 0.3) is 0 Å². The zero-order chi connectivity index (χ0) is 13.0. The Bertz CT molecular complexity index is 487. The van der Waals surface area contributed by atoms with Crippen LogP contribution in [0.2, 0.25) is 0 Å². The maximum atomic E-state index is 5.06. The maximum absolute atomic E-state index is 5.06. The summed E-state index contributed by atoms with van der Waals surface area (Å²) in [7, 11) is 0. The molecule has 3 heteroatoms. The normalized spacial score (nSPS) is 12.6. The molecule has 0 saturated heterocycles. The van der Waals surface area contributed by atoms with E-state index in [0.717, 1.165) is 24.4 Å². The predicted molar refractivity (Wildman–Crippen MR) is 72.3 cm³/mol. The van der Waals surface area contributed by atoms with Crippen LogP contribution < -0.4 is 5.32 Å². The van der Waals surface area contributed by atoms with Crippen molar-refractivity contribution in [1.82, 2.24) is 10.5 Å². The topological polar surface area (TPSA) is 38.1 Å². The van der Waals surface area contributed by atoms with Gasteiger partial charge in [0.1, 0.15) is 5.76 Å².